The number of carbonyl (C=O) groups is 1. The van der Waals surface area contributed by atoms with Gasteiger partial charge in [0, 0.05) is 10.0 Å². The third-order valence-electron chi connectivity index (χ3n) is 2.88. The number of Topliss-reactive ketones (excluding diaryl/α,β-unsaturated/α-hetero) is 1. The molecule has 0 aromatic heterocycles. The summed E-state index contributed by atoms with van der Waals surface area (Å²) >= 11 is 3.29. The number of benzene rings is 2. The van der Waals surface area contributed by atoms with Gasteiger partial charge in [0.15, 0.2) is 5.78 Å². The Kier molecular flexibility index (Phi) is 4.71. The minimum atomic E-state index is -0.449. The van der Waals surface area contributed by atoms with Crippen LogP contribution in [0, 0.1) is 17.1 Å². The fourth-order valence-corrected chi connectivity index (χ4v) is 2.17. The maximum Gasteiger partial charge on any atom is 0.163 e. The van der Waals surface area contributed by atoms with E-state index in [0.717, 1.165) is 4.47 Å². The Morgan fingerprint density at radius 3 is 2.76 bits per heavy atom. The highest BCUT2D eigenvalue weighted by atomic mass is 79.9. The van der Waals surface area contributed by atoms with Crippen molar-refractivity contribution in [3.8, 4) is 11.8 Å². The summed E-state index contributed by atoms with van der Waals surface area (Å²) in [5.74, 6) is -0.208. The minimum absolute atomic E-state index is 0.0523. The second-order valence-corrected chi connectivity index (χ2v) is 5.32. The molecule has 0 bridgehead atoms. The van der Waals surface area contributed by atoms with Crippen LogP contribution in [0.15, 0.2) is 40.9 Å². The third kappa shape index (κ3) is 3.67. The lowest BCUT2D eigenvalue weighted by Crippen LogP contribution is -2.03. The van der Waals surface area contributed by atoms with Crippen molar-refractivity contribution >= 4 is 21.7 Å². The van der Waals surface area contributed by atoms with E-state index in [1.807, 2.05) is 6.07 Å². The minimum Gasteiger partial charge on any atom is -0.488 e. The molecule has 0 spiro atoms. The van der Waals surface area contributed by atoms with Gasteiger partial charge < -0.3 is 4.74 Å². The molecule has 3 nitrogen and oxygen atoms in total. The van der Waals surface area contributed by atoms with Gasteiger partial charge in [0.05, 0.1) is 17.2 Å². The summed E-state index contributed by atoms with van der Waals surface area (Å²) in [7, 11) is 0. The van der Waals surface area contributed by atoms with Crippen LogP contribution >= 0.6 is 15.9 Å². The molecule has 0 atom stereocenters. The molecule has 0 amide bonds. The molecule has 0 unspecified atom stereocenters. The van der Waals surface area contributed by atoms with Crippen LogP contribution in [0.2, 0.25) is 0 Å². The lowest BCUT2D eigenvalue weighted by atomic mass is 10.1. The van der Waals surface area contributed by atoms with Crippen molar-refractivity contribution in [2.45, 2.75) is 13.5 Å². The maximum atomic E-state index is 13.7. The van der Waals surface area contributed by atoms with E-state index in [0.29, 0.717) is 16.9 Å². The Morgan fingerprint density at radius 2 is 2.10 bits per heavy atom. The molecule has 106 valence electrons. The summed E-state index contributed by atoms with van der Waals surface area (Å²) in [5, 5.41) is 8.82. The van der Waals surface area contributed by atoms with Gasteiger partial charge in [0.1, 0.15) is 18.2 Å². The molecular formula is C16H11BrFNO2. The van der Waals surface area contributed by atoms with Gasteiger partial charge in [-0.15, -0.1) is 0 Å². The van der Waals surface area contributed by atoms with Crippen molar-refractivity contribution in [1.29, 1.82) is 5.26 Å². The first-order chi connectivity index (χ1) is 10.0. The predicted octanol–water partition coefficient (Wildman–Crippen LogP) is 4.24. The summed E-state index contributed by atoms with van der Waals surface area (Å²) < 4.78 is 20.0. The van der Waals surface area contributed by atoms with Gasteiger partial charge in [0.2, 0.25) is 0 Å². The Labute approximate surface area is 130 Å². The number of ether oxygens (including phenoxy) is 1. The lowest BCUT2D eigenvalue weighted by Gasteiger charge is -2.11. The van der Waals surface area contributed by atoms with Crippen LogP contribution in [-0.2, 0) is 6.61 Å². The van der Waals surface area contributed by atoms with E-state index in [4.69, 9.17) is 10.00 Å². The van der Waals surface area contributed by atoms with Crippen LogP contribution < -0.4 is 4.74 Å². The van der Waals surface area contributed by atoms with E-state index in [1.165, 1.54) is 25.1 Å². The highest BCUT2D eigenvalue weighted by molar-refractivity contribution is 9.10. The zero-order valence-electron chi connectivity index (χ0n) is 11.2. The highest BCUT2D eigenvalue weighted by Crippen LogP contribution is 2.25. The molecule has 21 heavy (non-hydrogen) atoms. The van der Waals surface area contributed by atoms with Gasteiger partial charge >= 0.3 is 0 Å². The molecule has 2 aromatic carbocycles. The van der Waals surface area contributed by atoms with Crippen molar-refractivity contribution in [1.82, 2.24) is 0 Å². The van der Waals surface area contributed by atoms with E-state index in [1.54, 1.807) is 18.2 Å². The van der Waals surface area contributed by atoms with E-state index < -0.39 is 5.82 Å². The molecule has 0 aliphatic heterocycles. The first-order valence-electron chi connectivity index (χ1n) is 6.13. The maximum absolute atomic E-state index is 13.7. The van der Waals surface area contributed by atoms with Crippen molar-refractivity contribution in [3.63, 3.8) is 0 Å². The lowest BCUT2D eigenvalue weighted by molar-refractivity contribution is 0.101. The second-order valence-electron chi connectivity index (χ2n) is 4.40. The van der Waals surface area contributed by atoms with Crippen LogP contribution in [0.1, 0.15) is 28.4 Å². The molecular weight excluding hydrogens is 337 g/mol. The number of ketones is 1. The van der Waals surface area contributed by atoms with Crippen molar-refractivity contribution in [2.24, 2.45) is 0 Å². The van der Waals surface area contributed by atoms with Gasteiger partial charge in [0.25, 0.3) is 0 Å². The van der Waals surface area contributed by atoms with Gasteiger partial charge in [-0.25, -0.2) is 4.39 Å². The summed E-state index contributed by atoms with van der Waals surface area (Å²) in [5.41, 5.74) is 1.05. The molecule has 0 heterocycles. The fraction of sp³-hybridized carbons (Fsp3) is 0.125. The summed E-state index contributed by atoms with van der Waals surface area (Å²) in [6, 6.07) is 11.0. The Morgan fingerprint density at radius 1 is 1.33 bits per heavy atom. The van der Waals surface area contributed by atoms with Crippen molar-refractivity contribution in [3.05, 3.63) is 63.4 Å². The van der Waals surface area contributed by atoms with Gasteiger partial charge in [-0.05, 0) is 43.3 Å². The average Bonchev–Trinajstić information content (AvgIpc) is 2.47. The van der Waals surface area contributed by atoms with Crippen molar-refractivity contribution in [2.75, 3.05) is 0 Å². The average molecular weight is 348 g/mol. The molecule has 2 rings (SSSR count). The number of hydrogen-bond acceptors (Lipinski definition) is 3. The predicted molar refractivity (Wildman–Crippen MR) is 79.6 cm³/mol. The molecule has 0 aliphatic rings. The molecule has 0 saturated carbocycles. The molecule has 0 N–H and O–H groups in total. The Balaban J connectivity index is 2.25. The summed E-state index contributed by atoms with van der Waals surface area (Å²) in [6.45, 7) is 1.38. The SMILES string of the molecule is CC(=O)c1cc(Br)ccc1OCc1cc(C#N)ccc1F. The first kappa shape index (κ1) is 15.2. The van der Waals surface area contributed by atoms with E-state index >= 15 is 0 Å². The standard InChI is InChI=1S/C16H11BrFNO2/c1-10(20)14-7-13(17)3-5-16(14)21-9-12-6-11(8-19)2-4-15(12)18/h2-7H,9H2,1H3. The Bertz CT molecular complexity index is 738. The van der Waals surface area contributed by atoms with Gasteiger partial charge in [-0.1, -0.05) is 15.9 Å². The van der Waals surface area contributed by atoms with Crippen LogP contribution in [0.3, 0.4) is 0 Å². The van der Waals surface area contributed by atoms with Gasteiger partial charge in [-0.3, -0.25) is 4.79 Å². The Hall–Kier alpha value is -2.19. The second kappa shape index (κ2) is 6.51. The van der Waals surface area contributed by atoms with Crippen molar-refractivity contribution < 1.29 is 13.9 Å². The van der Waals surface area contributed by atoms with Crippen LogP contribution in [-0.4, -0.2) is 5.78 Å². The van der Waals surface area contributed by atoms with Crippen LogP contribution in [0.4, 0.5) is 4.39 Å². The van der Waals surface area contributed by atoms with Crippen LogP contribution in [0.25, 0.3) is 0 Å². The molecule has 0 fully saturated rings. The van der Waals surface area contributed by atoms with Gasteiger partial charge in [-0.2, -0.15) is 5.26 Å². The molecule has 0 radical (unpaired) electrons. The zero-order chi connectivity index (χ0) is 15.4. The number of nitriles is 1. The molecule has 5 heteroatoms. The number of carbonyl (C=O) groups excluding carboxylic acids is 1. The number of hydrogen-bond donors (Lipinski definition) is 0. The van der Waals surface area contributed by atoms with E-state index in [2.05, 4.69) is 15.9 Å². The largest absolute Gasteiger partial charge is 0.488 e. The third-order valence-corrected chi connectivity index (χ3v) is 3.37. The zero-order valence-corrected chi connectivity index (χ0v) is 12.8. The van der Waals surface area contributed by atoms with E-state index in [9.17, 15) is 9.18 Å². The monoisotopic (exact) mass is 347 g/mol. The highest BCUT2D eigenvalue weighted by Gasteiger charge is 2.11. The normalized spacial score (nSPS) is 10.0. The summed E-state index contributed by atoms with van der Waals surface area (Å²) in [4.78, 5) is 11.6. The smallest absolute Gasteiger partial charge is 0.163 e. The quantitative estimate of drug-likeness (QED) is 0.777. The van der Waals surface area contributed by atoms with Crippen LogP contribution in [0.5, 0.6) is 5.75 Å². The number of nitrogens with zero attached hydrogens (tertiary/aromatic N) is 1. The first-order valence-corrected chi connectivity index (χ1v) is 6.92. The van der Waals surface area contributed by atoms with E-state index in [-0.39, 0.29) is 18.0 Å². The topological polar surface area (TPSA) is 50.1 Å². The molecule has 2 aromatic rings. The fourth-order valence-electron chi connectivity index (χ4n) is 1.81. The number of rotatable bonds is 4. The molecule has 0 aliphatic carbocycles. The molecule has 0 saturated heterocycles. The number of halogens is 2. The summed E-state index contributed by atoms with van der Waals surface area (Å²) in [6.07, 6.45) is 0.